The van der Waals surface area contributed by atoms with Crippen molar-refractivity contribution in [3.63, 3.8) is 0 Å². The van der Waals surface area contributed by atoms with Crippen LogP contribution in [-0.4, -0.2) is 41.0 Å². The van der Waals surface area contributed by atoms with Crippen LogP contribution in [0.25, 0.3) is 0 Å². The van der Waals surface area contributed by atoms with Crippen molar-refractivity contribution >= 4 is 17.5 Å². The summed E-state index contributed by atoms with van der Waals surface area (Å²) in [7, 11) is 0. The van der Waals surface area contributed by atoms with E-state index >= 15 is 0 Å². The van der Waals surface area contributed by atoms with E-state index < -0.39 is 6.10 Å². The van der Waals surface area contributed by atoms with E-state index in [1.54, 1.807) is 4.90 Å². The van der Waals surface area contributed by atoms with Gasteiger partial charge in [-0.3, -0.25) is 9.59 Å². The second-order valence-corrected chi connectivity index (χ2v) is 6.77. The van der Waals surface area contributed by atoms with E-state index in [-0.39, 0.29) is 17.2 Å². The fourth-order valence-corrected chi connectivity index (χ4v) is 3.89. The Bertz CT molecular complexity index is 632. The molecule has 118 valence electrons. The van der Waals surface area contributed by atoms with Crippen molar-refractivity contribution in [3.05, 3.63) is 17.6 Å². The minimum atomic E-state index is -0.440. The average Bonchev–Trinajstić information content (AvgIpc) is 2.94. The number of aliphatic hydroxyl groups excluding tert-OH is 1. The number of rotatable bonds is 1. The molecular weight excluding hydrogens is 284 g/mol. The van der Waals surface area contributed by atoms with E-state index in [0.717, 1.165) is 25.7 Å². The van der Waals surface area contributed by atoms with Gasteiger partial charge >= 0.3 is 0 Å². The first-order chi connectivity index (χ1) is 10.6. The molecule has 22 heavy (non-hydrogen) atoms. The minimum Gasteiger partial charge on any atom is -0.466 e. The number of likely N-dealkylation sites (tertiary alicyclic amines) is 1. The lowest BCUT2D eigenvalue weighted by atomic mass is 9.67. The summed E-state index contributed by atoms with van der Waals surface area (Å²) in [6.07, 6.45) is 5.93. The first-order valence-corrected chi connectivity index (χ1v) is 7.97. The normalized spacial score (nSPS) is 26.3. The van der Waals surface area contributed by atoms with Gasteiger partial charge in [0.25, 0.3) is 5.91 Å². The van der Waals surface area contributed by atoms with Crippen LogP contribution in [0.1, 0.15) is 48.2 Å². The number of anilines is 1. The van der Waals surface area contributed by atoms with E-state index in [2.05, 4.69) is 5.32 Å². The van der Waals surface area contributed by atoms with E-state index in [0.29, 0.717) is 42.9 Å². The summed E-state index contributed by atoms with van der Waals surface area (Å²) in [5.74, 6) is 0.438. The van der Waals surface area contributed by atoms with Gasteiger partial charge in [0.1, 0.15) is 17.6 Å². The Balaban J connectivity index is 1.59. The van der Waals surface area contributed by atoms with Gasteiger partial charge < -0.3 is 19.7 Å². The van der Waals surface area contributed by atoms with Crippen molar-refractivity contribution in [2.75, 3.05) is 18.4 Å². The molecule has 0 radical (unpaired) electrons. The molecule has 0 aromatic carbocycles. The maximum atomic E-state index is 12.8. The molecule has 2 fully saturated rings. The van der Waals surface area contributed by atoms with E-state index in [1.807, 2.05) is 0 Å². The summed E-state index contributed by atoms with van der Waals surface area (Å²) in [5, 5.41) is 13.0. The largest absolute Gasteiger partial charge is 0.466 e. The number of amides is 2. The molecule has 1 saturated heterocycles. The van der Waals surface area contributed by atoms with Crippen LogP contribution in [-0.2, 0) is 11.2 Å². The van der Waals surface area contributed by atoms with Crippen LogP contribution in [0.2, 0.25) is 0 Å². The molecule has 0 bridgehead atoms. The predicted molar refractivity (Wildman–Crippen MR) is 78.5 cm³/mol. The molecule has 2 amide bonds. The number of hydrogen-bond acceptors (Lipinski definition) is 4. The highest BCUT2D eigenvalue weighted by Gasteiger charge is 2.51. The molecule has 6 nitrogen and oxygen atoms in total. The van der Waals surface area contributed by atoms with Gasteiger partial charge in [0.2, 0.25) is 5.91 Å². The molecule has 1 aliphatic carbocycles. The summed E-state index contributed by atoms with van der Waals surface area (Å²) in [6.45, 7) is 0.966. The van der Waals surface area contributed by atoms with Gasteiger partial charge in [-0.15, -0.1) is 0 Å². The molecule has 6 heteroatoms. The van der Waals surface area contributed by atoms with Gasteiger partial charge in [-0.25, -0.2) is 0 Å². The molecule has 3 heterocycles. The second-order valence-electron chi connectivity index (χ2n) is 6.77. The van der Waals surface area contributed by atoms with Crippen LogP contribution in [0.5, 0.6) is 0 Å². The van der Waals surface area contributed by atoms with Gasteiger partial charge in [0.15, 0.2) is 0 Å². The molecular formula is C16H20N2O4. The zero-order chi connectivity index (χ0) is 15.3. The lowest BCUT2D eigenvalue weighted by molar-refractivity contribution is -0.116. The number of fused-ring (bicyclic) bond motifs is 1. The second kappa shape index (κ2) is 4.84. The van der Waals surface area contributed by atoms with Crippen LogP contribution < -0.4 is 5.32 Å². The monoisotopic (exact) mass is 304 g/mol. The van der Waals surface area contributed by atoms with Gasteiger partial charge in [-0.05, 0) is 19.3 Å². The lowest BCUT2D eigenvalue weighted by Crippen LogP contribution is -2.40. The number of β-amino-alcohol motifs (C(OH)–C–C–N with tert-alkyl or cyclic N) is 1. The zero-order valence-corrected chi connectivity index (χ0v) is 12.4. The fraction of sp³-hybridized carbons (Fsp3) is 0.625. The first kappa shape index (κ1) is 13.8. The minimum absolute atomic E-state index is 0.0777. The summed E-state index contributed by atoms with van der Waals surface area (Å²) in [5.41, 5.74) is 0.838. The Morgan fingerprint density at radius 2 is 2.18 bits per heavy atom. The SMILES string of the molecule is O=C1CCCc2occ(C(=O)N3CC(O)C4(CCC4)C3)c2N1. The van der Waals surface area contributed by atoms with Crippen molar-refractivity contribution in [1.29, 1.82) is 0 Å². The molecule has 1 atom stereocenters. The number of aryl methyl sites for hydroxylation is 1. The van der Waals surface area contributed by atoms with Crippen LogP contribution in [0.15, 0.2) is 10.7 Å². The molecule has 2 N–H and O–H groups in total. The van der Waals surface area contributed by atoms with Gasteiger partial charge in [-0.2, -0.15) is 0 Å². The quantitative estimate of drug-likeness (QED) is 0.824. The molecule has 2 aliphatic heterocycles. The maximum Gasteiger partial charge on any atom is 0.259 e. The first-order valence-electron chi connectivity index (χ1n) is 7.97. The Morgan fingerprint density at radius 1 is 1.36 bits per heavy atom. The van der Waals surface area contributed by atoms with Crippen molar-refractivity contribution in [1.82, 2.24) is 4.90 Å². The summed E-state index contributed by atoms with van der Waals surface area (Å²) in [4.78, 5) is 26.2. The zero-order valence-electron chi connectivity index (χ0n) is 12.4. The maximum absolute atomic E-state index is 12.8. The Morgan fingerprint density at radius 3 is 2.86 bits per heavy atom. The predicted octanol–water partition coefficient (Wildman–Crippen LogP) is 1.54. The van der Waals surface area contributed by atoms with E-state index in [9.17, 15) is 14.7 Å². The summed E-state index contributed by atoms with van der Waals surface area (Å²) >= 11 is 0. The van der Waals surface area contributed by atoms with Crippen LogP contribution >= 0.6 is 0 Å². The summed E-state index contributed by atoms with van der Waals surface area (Å²) < 4.78 is 5.49. The van der Waals surface area contributed by atoms with Crippen LogP contribution in [0.3, 0.4) is 0 Å². The Hall–Kier alpha value is -1.82. The van der Waals surface area contributed by atoms with Crippen molar-refractivity contribution in [2.45, 2.75) is 44.6 Å². The van der Waals surface area contributed by atoms with Crippen LogP contribution in [0, 0.1) is 5.41 Å². The topological polar surface area (TPSA) is 82.8 Å². The number of hydrogen-bond donors (Lipinski definition) is 2. The highest BCUT2D eigenvalue weighted by Crippen LogP contribution is 2.48. The lowest BCUT2D eigenvalue weighted by Gasteiger charge is -2.40. The molecule has 1 unspecified atom stereocenters. The van der Waals surface area contributed by atoms with Crippen molar-refractivity contribution in [3.8, 4) is 0 Å². The van der Waals surface area contributed by atoms with E-state index in [1.165, 1.54) is 6.26 Å². The fourth-order valence-electron chi connectivity index (χ4n) is 3.89. The molecule has 4 rings (SSSR count). The number of nitrogens with one attached hydrogen (secondary N) is 1. The number of carbonyl (C=O) groups is 2. The highest BCUT2D eigenvalue weighted by molar-refractivity contribution is 6.04. The van der Waals surface area contributed by atoms with Gasteiger partial charge in [0, 0.05) is 31.3 Å². The molecule has 1 aromatic heterocycles. The Labute approximate surface area is 128 Å². The summed E-state index contributed by atoms with van der Waals surface area (Å²) in [6, 6.07) is 0. The molecule has 1 spiro atoms. The number of carbonyl (C=O) groups excluding carboxylic acids is 2. The third kappa shape index (κ3) is 1.97. The molecule has 1 saturated carbocycles. The highest BCUT2D eigenvalue weighted by atomic mass is 16.3. The smallest absolute Gasteiger partial charge is 0.259 e. The third-order valence-electron chi connectivity index (χ3n) is 5.41. The average molecular weight is 304 g/mol. The van der Waals surface area contributed by atoms with E-state index in [4.69, 9.17) is 4.42 Å². The third-order valence-corrected chi connectivity index (χ3v) is 5.41. The Kier molecular flexibility index (Phi) is 3.04. The van der Waals surface area contributed by atoms with Crippen LogP contribution in [0.4, 0.5) is 5.69 Å². The number of nitrogens with zero attached hydrogens (tertiary/aromatic N) is 1. The van der Waals surface area contributed by atoms with Gasteiger partial charge in [0.05, 0.1) is 11.8 Å². The van der Waals surface area contributed by atoms with Crippen molar-refractivity contribution < 1.29 is 19.1 Å². The number of furan rings is 1. The van der Waals surface area contributed by atoms with Gasteiger partial charge in [-0.1, -0.05) is 6.42 Å². The number of aliphatic hydroxyl groups is 1. The van der Waals surface area contributed by atoms with Crippen molar-refractivity contribution in [2.24, 2.45) is 5.41 Å². The molecule has 3 aliphatic rings. The molecule has 1 aromatic rings. The standard InChI is InChI=1S/C16H20N2O4/c19-12-7-18(9-16(12)5-2-6-16)15(21)10-8-22-11-3-1-4-13(20)17-14(10)11/h8,12,19H,1-7,9H2,(H,17,20).